The molecule has 108 valence electrons. The zero-order valence-corrected chi connectivity index (χ0v) is 12.0. The van der Waals surface area contributed by atoms with Gasteiger partial charge in [-0.15, -0.1) is 0 Å². The van der Waals surface area contributed by atoms with E-state index in [2.05, 4.69) is 10.2 Å². The molecule has 0 radical (unpaired) electrons. The lowest BCUT2D eigenvalue weighted by molar-refractivity contribution is -0.134. The molecule has 1 aromatic rings. The van der Waals surface area contributed by atoms with E-state index in [1.807, 2.05) is 0 Å². The second-order valence-electron chi connectivity index (χ2n) is 5.62. The van der Waals surface area contributed by atoms with Crippen molar-refractivity contribution in [3.63, 3.8) is 0 Å². The molecule has 2 fully saturated rings. The maximum Gasteiger partial charge on any atom is 0.240 e. The van der Waals surface area contributed by atoms with Crippen molar-refractivity contribution in [2.75, 3.05) is 13.1 Å². The van der Waals surface area contributed by atoms with Crippen LogP contribution in [0, 0.1) is 5.82 Å². The number of carbonyl (C=O) groups excluding carboxylic acids is 1. The highest BCUT2D eigenvalue weighted by Crippen LogP contribution is 2.37. The largest absolute Gasteiger partial charge is 0.354 e. The lowest BCUT2D eigenvalue weighted by Crippen LogP contribution is -2.58. The number of benzene rings is 1. The summed E-state index contributed by atoms with van der Waals surface area (Å²) in [4.78, 5) is 14.4. The van der Waals surface area contributed by atoms with Crippen molar-refractivity contribution in [1.29, 1.82) is 0 Å². The molecule has 0 aromatic heterocycles. The molecule has 5 heteroatoms. The standard InChI is InChI=1S/C15H18ClFN2O/c16-12-4-1-5-13(17)11(12)10-19-9-3-7-15(19)6-2-8-18-14(15)20/h1,4-5H,2-3,6-10H2,(H,18,20). The third kappa shape index (κ3) is 2.21. The van der Waals surface area contributed by atoms with Crippen molar-refractivity contribution < 1.29 is 9.18 Å². The van der Waals surface area contributed by atoms with Gasteiger partial charge in [-0.1, -0.05) is 17.7 Å². The number of hydrogen-bond acceptors (Lipinski definition) is 2. The number of nitrogens with zero attached hydrogens (tertiary/aromatic N) is 1. The fraction of sp³-hybridized carbons (Fsp3) is 0.533. The molecule has 1 N–H and O–H groups in total. The van der Waals surface area contributed by atoms with Crippen LogP contribution in [0.3, 0.4) is 0 Å². The first-order valence-corrected chi connectivity index (χ1v) is 7.47. The smallest absolute Gasteiger partial charge is 0.240 e. The monoisotopic (exact) mass is 296 g/mol. The average Bonchev–Trinajstić information content (AvgIpc) is 2.82. The summed E-state index contributed by atoms with van der Waals surface area (Å²) >= 11 is 6.10. The van der Waals surface area contributed by atoms with Crippen molar-refractivity contribution in [1.82, 2.24) is 10.2 Å². The number of amides is 1. The summed E-state index contributed by atoms with van der Waals surface area (Å²) in [6.45, 7) is 1.96. The average molecular weight is 297 g/mol. The Kier molecular flexibility index (Phi) is 3.69. The van der Waals surface area contributed by atoms with E-state index in [9.17, 15) is 9.18 Å². The molecule has 0 saturated carbocycles. The van der Waals surface area contributed by atoms with Gasteiger partial charge in [0.1, 0.15) is 11.4 Å². The molecule has 1 spiro atoms. The van der Waals surface area contributed by atoms with Crippen LogP contribution >= 0.6 is 11.6 Å². The number of hydrogen-bond donors (Lipinski definition) is 1. The minimum absolute atomic E-state index is 0.0914. The number of likely N-dealkylation sites (tertiary alicyclic amines) is 1. The van der Waals surface area contributed by atoms with Crippen molar-refractivity contribution in [3.05, 3.63) is 34.6 Å². The van der Waals surface area contributed by atoms with Crippen LogP contribution in [-0.4, -0.2) is 29.4 Å². The van der Waals surface area contributed by atoms with Crippen LogP contribution in [0.15, 0.2) is 18.2 Å². The van der Waals surface area contributed by atoms with Crippen LogP contribution in [0.2, 0.25) is 5.02 Å². The van der Waals surface area contributed by atoms with Crippen LogP contribution in [0.4, 0.5) is 4.39 Å². The molecule has 2 saturated heterocycles. The van der Waals surface area contributed by atoms with Gasteiger partial charge in [-0.05, 0) is 44.4 Å². The molecule has 1 aromatic carbocycles. The highest BCUT2D eigenvalue weighted by atomic mass is 35.5. The zero-order chi connectivity index (χ0) is 14.2. The first-order valence-electron chi connectivity index (χ1n) is 7.10. The summed E-state index contributed by atoms with van der Waals surface area (Å²) in [6, 6.07) is 4.72. The summed E-state index contributed by atoms with van der Waals surface area (Å²) in [6.07, 6.45) is 3.66. The lowest BCUT2D eigenvalue weighted by atomic mass is 9.86. The fourth-order valence-electron chi connectivity index (χ4n) is 3.44. The SMILES string of the molecule is O=C1NCCCC12CCCN2Cc1c(F)cccc1Cl. The number of nitrogens with one attached hydrogen (secondary N) is 1. The topological polar surface area (TPSA) is 32.3 Å². The Hall–Kier alpha value is -1.13. The van der Waals surface area contributed by atoms with Gasteiger partial charge in [0.2, 0.25) is 5.91 Å². The van der Waals surface area contributed by atoms with Gasteiger partial charge in [-0.2, -0.15) is 0 Å². The van der Waals surface area contributed by atoms with Crippen molar-refractivity contribution >= 4 is 17.5 Å². The maximum absolute atomic E-state index is 13.9. The van der Waals surface area contributed by atoms with Gasteiger partial charge in [0, 0.05) is 23.7 Å². The van der Waals surface area contributed by atoms with Gasteiger partial charge in [0.25, 0.3) is 0 Å². The Morgan fingerprint density at radius 2 is 2.15 bits per heavy atom. The van der Waals surface area contributed by atoms with Gasteiger partial charge in [0.15, 0.2) is 0 Å². The molecule has 2 aliphatic rings. The molecule has 3 nitrogen and oxygen atoms in total. The Labute approximate surface area is 123 Å². The highest BCUT2D eigenvalue weighted by molar-refractivity contribution is 6.31. The Balaban J connectivity index is 1.88. The zero-order valence-electron chi connectivity index (χ0n) is 11.3. The lowest BCUT2D eigenvalue weighted by Gasteiger charge is -2.40. The third-order valence-corrected chi connectivity index (χ3v) is 4.86. The van der Waals surface area contributed by atoms with Gasteiger partial charge >= 0.3 is 0 Å². The number of carbonyl (C=O) groups is 1. The second kappa shape index (κ2) is 5.34. The van der Waals surface area contributed by atoms with E-state index in [0.717, 1.165) is 38.8 Å². The fourth-order valence-corrected chi connectivity index (χ4v) is 3.66. The summed E-state index contributed by atoms with van der Waals surface area (Å²) < 4.78 is 13.9. The Morgan fingerprint density at radius 3 is 2.90 bits per heavy atom. The minimum Gasteiger partial charge on any atom is -0.354 e. The highest BCUT2D eigenvalue weighted by Gasteiger charge is 2.48. The number of piperidine rings is 1. The van der Waals surface area contributed by atoms with Crippen LogP contribution in [0.1, 0.15) is 31.2 Å². The van der Waals surface area contributed by atoms with E-state index in [1.54, 1.807) is 12.1 Å². The second-order valence-corrected chi connectivity index (χ2v) is 6.02. The predicted molar refractivity (Wildman–Crippen MR) is 76.0 cm³/mol. The molecule has 1 unspecified atom stereocenters. The quantitative estimate of drug-likeness (QED) is 0.910. The van der Waals surface area contributed by atoms with Crippen molar-refractivity contribution in [3.8, 4) is 0 Å². The molecular formula is C15H18ClFN2O. The van der Waals surface area contributed by atoms with E-state index in [1.165, 1.54) is 6.07 Å². The normalized spacial score (nSPS) is 27.0. The molecule has 1 atom stereocenters. The van der Waals surface area contributed by atoms with Gasteiger partial charge < -0.3 is 5.32 Å². The van der Waals surface area contributed by atoms with Crippen LogP contribution in [0.25, 0.3) is 0 Å². The molecule has 2 heterocycles. The van der Waals surface area contributed by atoms with E-state index < -0.39 is 5.54 Å². The molecule has 1 amide bonds. The molecular weight excluding hydrogens is 279 g/mol. The first kappa shape index (κ1) is 13.8. The van der Waals surface area contributed by atoms with Gasteiger partial charge in [-0.25, -0.2) is 4.39 Å². The van der Waals surface area contributed by atoms with Crippen LogP contribution in [0.5, 0.6) is 0 Å². The van der Waals surface area contributed by atoms with E-state index in [0.29, 0.717) is 17.1 Å². The Morgan fingerprint density at radius 1 is 1.35 bits per heavy atom. The number of halogens is 2. The first-order chi connectivity index (χ1) is 9.63. The van der Waals surface area contributed by atoms with Crippen LogP contribution < -0.4 is 5.32 Å². The predicted octanol–water partition coefficient (Wildman–Crippen LogP) is 2.72. The molecule has 2 aliphatic heterocycles. The number of rotatable bonds is 2. The maximum atomic E-state index is 13.9. The van der Waals surface area contributed by atoms with Gasteiger partial charge in [0.05, 0.1) is 0 Å². The Bertz CT molecular complexity index is 516. The molecule has 0 aliphatic carbocycles. The third-order valence-electron chi connectivity index (χ3n) is 4.51. The van der Waals surface area contributed by atoms with Crippen molar-refractivity contribution in [2.24, 2.45) is 0 Å². The molecule has 0 bridgehead atoms. The summed E-state index contributed by atoms with van der Waals surface area (Å²) in [5, 5.41) is 3.39. The van der Waals surface area contributed by atoms with E-state index in [4.69, 9.17) is 11.6 Å². The molecule has 20 heavy (non-hydrogen) atoms. The van der Waals surface area contributed by atoms with E-state index >= 15 is 0 Å². The summed E-state index contributed by atoms with van der Waals surface area (Å²) in [5.74, 6) is -0.204. The summed E-state index contributed by atoms with van der Waals surface area (Å²) in [5.41, 5.74) is 0.0398. The van der Waals surface area contributed by atoms with E-state index in [-0.39, 0.29) is 11.7 Å². The van der Waals surface area contributed by atoms with Gasteiger partial charge in [-0.3, -0.25) is 9.69 Å². The minimum atomic E-state index is -0.455. The summed E-state index contributed by atoms with van der Waals surface area (Å²) in [7, 11) is 0. The van der Waals surface area contributed by atoms with Crippen LogP contribution in [-0.2, 0) is 11.3 Å². The molecule has 3 rings (SSSR count). The van der Waals surface area contributed by atoms with Crippen molar-refractivity contribution in [2.45, 2.75) is 37.8 Å².